The number of hydrogen-bond donors (Lipinski definition) is 0. The second-order valence-corrected chi connectivity index (χ2v) is 3.16. The summed E-state index contributed by atoms with van der Waals surface area (Å²) in [6, 6.07) is 9.89. The summed E-state index contributed by atoms with van der Waals surface area (Å²) in [4.78, 5) is 0. The van der Waals surface area contributed by atoms with E-state index in [1.807, 2.05) is 0 Å². The fraction of sp³-hybridized carbons (Fsp3) is 0.500. The third kappa shape index (κ3) is 2.69. The number of unbranched alkanes of at least 4 members (excludes halogenated alkanes) is 1. The van der Waals surface area contributed by atoms with Gasteiger partial charge in [0.05, 0.1) is 0 Å². The highest BCUT2D eigenvalue weighted by Crippen LogP contribution is 2.07. The van der Waals surface area contributed by atoms with Crippen molar-refractivity contribution in [1.82, 2.24) is 0 Å². The van der Waals surface area contributed by atoms with Gasteiger partial charge in [0.25, 0.3) is 0 Å². The van der Waals surface area contributed by atoms with Crippen LogP contribution in [-0.4, -0.2) is 0 Å². The first-order valence-corrected chi connectivity index (χ1v) is 4.87. The monoisotopic (exact) mass is 161 g/mol. The molecule has 0 spiro atoms. The van der Waals surface area contributed by atoms with Crippen LogP contribution in [0.2, 0.25) is 0 Å². The zero-order valence-corrected chi connectivity index (χ0v) is 8.06. The minimum atomic E-state index is 1.10. The standard InChI is InChI=1S/C12H17/c1-3-5-7-12-9-6-8-11(4-2)10-12/h6,8-9H,3-5,7H2,1-2H3. The number of benzene rings is 1. The Labute approximate surface area is 75.6 Å². The van der Waals surface area contributed by atoms with Crippen LogP contribution in [-0.2, 0) is 12.8 Å². The third-order valence-corrected chi connectivity index (χ3v) is 2.10. The van der Waals surface area contributed by atoms with Crippen molar-refractivity contribution in [2.75, 3.05) is 0 Å². The van der Waals surface area contributed by atoms with E-state index >= 15 is 0 Å². The highest BCUT2D eigenvalue weighted by atomic mass is 14.0. The molecule has 65 valence electrons. The van der Waals surface area contributed by atoms with E-state index in [4.69, 9.17) is 0 Å². The zero-order chi connectivity index (χ0) is 8.81. The Hall–Kier alpha value is -0.780. The van der Waals surface area contributed by atoms with E-state index < -0.39 is 0 Å². The molecule has 0 atom stereocenters. The van der Waals surface area contributed by atoms with Gasteiger partial charge in [-0.1, -0.05) is 38.5 Å². The molecule has 0 unspecified atom stereocenters. The molecule has 0 aliphatic rings. The van der Waals surface area contributed by atoms with Crippen LogP contribution in [0.5, 0.6) is 0 Å². The van der Waals surface area contributed by atoms with Crippen molar-refractivity contribution in [3.63, 3.8) is 0 Å². The molecule has 1 rings (SSSR count). The summed E-state index contributed by atoms with van der Waals surface area (Å²) >= 11 is 0. The van der Waals surface area contributed by atoms with Crippen LogP contribution in [0.4, 0.5) is 0 Å². The summed E-state index contributed by atoms with van der Waals surface area (Å²) in [5.74, 6) is 0. The van der Waals surface area contributed by atoms with Crippen molar-refractivity contribution in [2.24, 2.45) is 0 Å². The minimum Gasteiger partial charge on any atom is -0.0654 e. The topological polar surface area (TPSA) is 0 Å². The van der Waals surface area contributed by atoms with Crippen LogP contribution in [0.15, 0.2) is 18.2 Å². The van der Waals surface area contributed by atoms with Gasteiger partial charge in [0.2, 0.25) is 0 Å². The average molecular weight is 161 g/mol. The van der Waals surface area contributed by atoms with Crippen LogP contribution in [0.3, 0.4) is 0 Å². The number of rotatable bonds is 4. The maximum atomic E-state index is 3.43. The van der Waals surface area contributed by atoms with E-state index in [9.17, 15) is 0 Å². The largest absolute Gasteiger partial charge is 0.0654 e. The lowest BCUT2D eigenvalue weighted by Crippen LogP contribution is -1.87. The summed E-state index contributed by atoms with van der Waals surface area (Å²) in [5, 5.41) is 0. The molecule has 1 aromatic rings. The molecule has 0 aromatic heterocycles. The molecule has 0 aliphatic heterocycles. The summed E-state index contributed by atoms with van der Waals surface area (Å²) in [6.07, 6.45) is 4.83. The molecule has 12 heavy (non-hydrogen) atoms. The van der Waals surface area contributed by atoms with Crippen LogP contribution >= 0.6 is 0 Å². The molecule has 0 fully saturated rings. The van der Waals surface area contributed by atoms with Crippen molar-refractivity contribution < 1.29 is 0 Å². The van der Waals surface area contributed by atoms with Crippen molar-refractivity contribution in [2.45, 2.75) is 39.5 Å². The van der Waals surface area contributed by atoms with E-state index in [0.717, 1.165) is 6.42 Å². The summed E-state index contributed by atoms with van der Waals surface area (Å²) < 4.78 is 0. The van der Waals surface area contributed by atoms with Gasteiger partial charge in [-0.3, -0.25) is 0 Å². The molecule has 0 saturated heterocycles. The third-order valence-electron chi connectivity index (χ3n) is 2.10. The van der Waals surface area contributed by atoms with Crippen LogP contribution < -0.4 is 0 Å². The molecular formula is C12H17. The molecule has 0 nitrogen and oxygen atoms in total. The fourth-order valence-electron chi connectivity index (χ4n) is 1.29. The van der Waals surface area contributed by atoms with Gasteiger partial charge in [-0.05, 0) is 36.5 Å². The minimum absolute atomic E-state index is 1.10. The van der Waals surface area contributed by atoms with Gasteiger partial charge in [-0.25, -0.2) is 0 Å². The Kier molecular flexibility index (Phi) is 3.86. The van der Waals surface area contributed by atoms with E-state index in [2.05, 4.69) is 38.1 Å². The van der Waals surface area contributed by atoms with E-state index in [0.29, 0.717) is 0 Å². The molecule has 1 aromatic carbocycles. The molecule has 0 N–H and O–H groups in total. The van der Waals surface area contributed by atoms with E-state index in [1.54, 1.807) is 0 Å². The molecule has 0 heteroatoms. The summed E-state index contributed by atoms with van der Waals surface area (Å²) in [7, 11) is 0. The number of aryl methyl sites for hydroxylation is 2. The van der Waals surface area contributed by atoms with Gasteiger partial charge in [0.1, 0.15) is 0 Å². The Morgan fingerprint density at radius 3 is 2.58 bits per heavy atom. The van der Waals surface area contributed by atoms with Crippen LogP contribution in [0.1, 0.15) is 37.8 Å². The highest BCUT2D eigenvalue weighted by Gasteiger charge is 1.93. The van der Waals surface area contributed by atoms with Gasteiger partial charge in [-0.2, -0.15) is 0 Å². The molecular weight excluding hydrogens is 144 g/mol. The SMILES string of the molecule is CCCCc1[c]c(CC)ccc1. The highest BCUT2D eigenvalue weighted by molar-refractivity contribution is 5.21. The quantitative estimate of drug-likeness (QED) is 0.635. The fourth-order valence-corrected chi connectivity index (χ4v) is 1.29. The summed E-state index contributed by atoms with van der Waals surface area (Å²) in [5.41, 5.74) is 2.71. The Bertz CT molecular complexity index is 225. The van der Waals surface area contributed by atoms with Crippen molar-refractivity contribution >= 4 is 0 Å². The normalized spacial score (nSPS) is 10.2. The number of hydrogen-bond acceptors (Lipinski definition) is 0. The average Bonchev–Trinajstić information content (AvgIpc) is 2.15. The van der Waals surface area contributed by atoms with Crippen molar-refractivity contribution in [3.8, 4) is 0 Å². The van der Waals surface area contributed by atoms with E-state index in [1.165, 1.54) is 30.4 Å². The molecule has 0 saturated carbocycles. The predicted octanol–water partition coefficient (Wildman–Crippen LogP) is 3.39. The molecule has 0 bridgehead atoms. The Morgan fingerprint density at radius 2 is 1.92 bits per heavy atom. The molecule has 0 amide bonds. The maximum Gasteiger partial charge on any atom is -0.0114 e. The van der Waals surface area contributed by atoms with Crippen molar-refractivity contribution in [1.29, 1.82) is 0 Å². The maximum absolute atomic E-state index is 3.43. The van der Waals surface area contributed by atoms with E-state index in [-0.39, 0.29) is 0 Å². The van der Waals surface area contributed by atoms with Gasteiger partial charge >= 0.3 is 0 Å². The van der Waals surface area contributed by atoms with Crippen LogP contribution in [0.25, 0.3) is 0 Å². The lowest BCUT2D eigenvalue weighted by atomic mass is 10.0. The molecule has 0 aliphatic carbocycles. The first-order valence-electron chi connectivity index (χ1n) is 4.87. The summed E-state index contributed by atoms with van der Waals surface area (Å²) in [6.45, 7) is 4.40. The van der Waals surface area contributed by atoms with Gasteiger partial charge in [-0.15, -0.1) is 0 Å². The van der Waals surface area contributed by atoms with Gasteiger partial charge in [0, 0.05) is 0 Å². The first-order chi connectivity index (χ1) is 5.86. The molecule has 0 heterocycles. The lowest BCUT2D eigenvalue weighted by molar-refractivity contribution is 0.793. The second kappa shape index (κ2) is 4.97. The van der Waals surface area contributed by atoms with Crippen LogP contribution in [0, 0.1) is 6.07 Å². The van der Waals surface area contributed by atoms with Gasteiger partial charge in [0.15, 0.2) is 0 Å². The predicted molar refractivity (Wildman–Crippen MR) is 53.3 cm³/mol. The zero-order valence-electron chi connectivity index (χ0n) is 8.06. The first kappa shape index (κ1) is 9.31. The van der Waals surface area contributed by atoms with Crippen molar-refractivity contribution in [3.05, 3.63) is 35.4 Å². The Morgan fingerprint density at radius 1 is 1.17 bits per heavy atom. The molecule has 1 radical (unpaired) electrons. The van der Waals surface area contributed by atoms with Gasteiger partial charge < -0.3 is 0 Å². The second-order valence-electron chi connectivity index (χ2n) is 3.16. The lowest BCUT2D eigenvalue weighted by Gasteiger charge is -2.01. The smallest absolute Gasteiger partial charge is 0.0114 e. The Balaban J connectivity index is 2.60.